The number of phenols is 1. The van der Waals surface area contributed by atoms with Crippen LogP contribution < -0.4 is 0 Å². The van der Waals surface area contributed by atoms with Crippen molar-refractivity contribution in [3.8, 4) is 11.4 Å². The van der Waals surface area contributed by atoms with Crippen molar-refractivity contribution in [3.05, 3.63) is 60.9 Å². The van der Waals surface area contributed by atoms with Gasteiger partial charge in [0.1, 0.15) is 5.75 Å². The number of benzene rings is 2. The second kappa shape index (κ2) is 3.65. The van der Waals surface area contributed by atoms with Gasteiger partial charge in [-0.3, -0.25) is 0 Å². The normalized spacial score (nSPS) is 11.4. The number of hydrogen-bond acceptors (Lipinski definition) is 2. The Bertz CT molecular complexity index is 872. The molecule has 0 saturated carbocycles. The molecule has 4 aromatic rings. The van der Waals surface area contributed by atoms with Crippen LogP contribution in [0.2, 0.25) is 0 Å². The molecule has 0 amide bonds. The lowest BCUT2D eigenvalue weighted by Crippen LogP contribution is -1.91. The van der Waals surface area contributed by atoms with Crippen LogP contribution in [-0.2, 0) is 0 Å². The molecule has 2 aromatic carbocycles. The van der Waals surface area contributed by atoms with E-state index in [2.05, 4.69) is 4.57 Å². The van der Waals surface area contributed by atoms with Gasteiger partial charge in [-0.25, -0.2) is 0 Å². The summed E-state index contributed by atoms with van der Waals surface area (Å²) in [6, 6.07) is 17.5. The third kappa shape index (κ3) is 1.32. The molecule has 0 bridgehead atoms. The summed E-state index contributed by atoms with van der Waals surface area (Å²) in [5.41, 5.74) is 3.68. The van der Waals surface area contributed by atoms with Crippen LogP contribution in [0.1, 0.15) is 0 Å². The fraction of sp³-hybridized carbons (Fsp3) is 0. The van der Waals surface area contributed by atoms with Crippen LogP contribution in [0.3, 0.4) is 0 Å². The molecule has 3 nitrogen and oxygen atoms in total. The summed E-state index contributed by atoms with van der Waals surface area (Å²) in [6.07, 6.45) is 1.65. The van der Waals surface area contributed by atoms with Crippen molar-refractivity contribution in [2.24, 2.45) is 0 Å². The number of fused-ring (bicyclic) bond motifs is 3. The largest absolute Gasteiger partial charge is 0.507 e. The lowest BCUT2D eigenvalue weighted by molar-refractivity contribution is 0.481. The number of para-hydroxylation sites is 1. The van der Waals surface area contributed by atoms with Crippen molar-refractivity contribution in [1.29, 1.82) is 0 Å². The number of phenolic OH excluding ortho intramolecular Hbond substituents is 1. The lowest BCUT2D eigenvalue weighted by atomic mass is 10.2. The fourth-order valence-corrected chi connectivity index (χ4v) is 2.60. The SMILES string of the molecule is Oc1cccc2c1c1occc1n2-c1ccccc1. The maximum Gasteiger partial charge on any atom is 0.163 e. The molecule has 92 valence electrons. The highest BCUT2D eigenvalue weighted by Gasteiger charge is 2.16. The maximum atomic E-state index is 10.1. The molecular formula is C16H11NO2. The number of nitrogens with zero attached hydrogens (tertiary/aromatic N) is 1. The number of rotatable bonds is 1. The molecule has 0 aliphatic heterocycles. The van der Waals surface area contributed by atoms with Gasteiger partial charge >= 0.3 is 0 Å². The Morgan fingerprint density at radius 2 is 1.68 bits per heavy atom. The second-order valence-electron chi connectivity index (χ2n) is 4.48. The number of aromatic nitrogens is 1. The highest BCUT2D eigenvalue weighted by Crippen LogP contribution is 2.37. The van der Waals surface area contributed by atoms with Gasteiger partial charge in [0.2, 0.25) is 0 Å². The van der Waals surface area contributed by atoms with E-state index in [4.69, 9.17) is 4.42 Å². The third-order valence-corrected chi connectivity index (χ3v) is 3.39. The van der Waals surface area contributed by atoms with E-state index in [1.807, 2.05) is 48.5 Å². The summed E-state index contributed by atoms with van der Waals surface area (Å²) in [7, 11) is 0. The predicted octanol–water partition coefficient (Wildman–Crippen LogP) is 4.08. The van der Waals surface area contributed by atoms with Crippen LogP contribution in [0, 0.1) is 0 Å². The van der Waals surface area contributed by atoms with Crippen LogP contribution in [0.4, 0.5) is 0 Å². The smallest absolute Gasteiger partial charge is 0.163 e. The Kier molecular flexibility index (Phi) is 1.97. The molecule has 0 radical (unpaired) electrons. The van der Waals surface area contributed by atoms with Gasteiger partial charge in [0.25, 0.3) is 0 Å². The summed E-state index contributed by atoms with van der Waals surface area (Å²) in [5, 5.41) is 10.8. The number of hydrogen-bond donors (Lipinski definition) is 1. The molecule has 0 spiro atoms. The van der Waals surface area contributed by atoms with E-state index in [0.717, 1.165) is 27.7 Å². The van der Waals surface area contributed by atoms with Crippen LogP contribution >= 0.6 is 0 Å². The van der Waals surface area contributed by atoms with E-state index < -0.39 is 0 Å². The van der Waals surface area contributed by atoms with Crippen molar-refractivity contribution in [2.75, 3.05) is 0 Å². The second-order valence-corrected chi connectivity index (χ2v) is 4.48. The Morgan fingerprint density at radius 3 is 2.53 bits per heavy atom. The van der Waals surface area contributed by atoms with Crippen molar-refractivity contribution in [3.63, 3.8) is 0 Å². The molecule has 0 fully saturated rings. The van der Waals surface area contributed by atoms with Crippen molar-refractivity contribution >= 4 is 22.0 Å². The minimum absolute atomic E-state index is 0.243. The summed E-state index contributed by atoms with van der Waals surface area (Å²) in [5.74, 6) is 0.243. The van der Waals surface area contributed by atoms with Gasteiger partial charge in [0.15, 0.2) is 5.58 Å². The molecule has 1 N–H and O–H groups in total. The Labute approximate surface area is 109 Å². The van der Waals surface area contributed by atoms with E-state index >= 15 is 0 Å². The molecule has 0 unspecified atom stereocenters. The summed E-state index contributed by atoms with van der Waals surface area (Å²) >= 11 is 0. The maximum absolute atomic E-state index is 10.1. The van der Waals surface area contributed by atoms with Gasteiger partial charge in [-0.1, -0.05) is 24.3 Å². The first-order valence-corrected chi connectivity index (χ1v) is 6.11. The monoisotopic (exact) mass is 249 g/mol. The molecule has 2 aromatic heterocycles. The number of aromatic hydroxyl groups is 1. The van der Waals surface area contributed by atoms with Crippen LogP contribution in [0.25, 0.3) is 27.7 Å². The predicted molar refractivity (Wildman–Crippen MR) is 74.7 cm³/mol. The number of furan rings is 1. The minimum Gasteiger partial charge on any atom is -0.507 e. The summed E-state index contributed by atoms with van der Waals surface area (Å²) in [4.78, 5) is 0. The minimum atomic E-state index is 0.243. The van der Waals surface area contributed by atoms with E-state index in [1.165, 1.54) is 0 Å². The molecule has 3 heteroatoms. The lowest BCUT2D eigenvalue weighted by Gasteiger charge is -2.06. The average Bonchev–Trinajstić information content (AvgIpc) is 2.99. The van der Waals surface area contributed by atoms with Gasteiger partial charge in [0, 0.05) is 11.8 Å². The molecule has 2 heterocycles. The molecule has 0 atom stereocenters. The van der Waals surface area contributed by atoms with E-state index in [-0.39, 0.29) is 5.75 Å². The van der Waals surface area contributed by atoms with Crippen molar-refractivity contribution in [1.82, 2.24) is 4.57 Å². The van der Waals surface area contributed by atoms with Gasteiger partial charge < -0.3 is 14.1 Å². The van der Waals surface area contributed by atoms with Crippen LogP contribution in [0.5, 0.6) is 5.75 Å². The highest BCUT2D eigenvalue weighted by molar-refractivity contribution is 6.09. The van der Waals surface area contributed by atoms with E-state index in [1.54, 1.807) is 12.3 Å². The zero-order valence-electron chi connectivity index (χ0n) is 10.1. The standard InChI is InChI=1S/C16H11NO2/c18-14-8-4-7-12-15(14)16-13(9-10-19-16)17(12)11-5-2-1-3-6-11/h1-10,18H. The first kappa shape index (κ1) is 10.3. The van der Waals surface area contributed by atoms with Gasteiger partial charge in [-0.2, -0.15) is 0 Å². The van der Waals surface area contributed by atoms with Gasteiger partial charge in [-0.15, -0.1) is 0 Å². The Hall–Kier alpha value is -2.68. The highest BCUT2D eigenvalue weighted by atomic mass is 16.3. The fourth-order valence-electron chi connectivity index (χ4n) is 2.60. The van der Waals surface area contributed by atoms with E-state index in [9.17, 15) is 5.11 Å². The average molecular weight is 249 g/mol. The molecule has 4 rings (SSSR count). The topological polar surface area (TPSA) is 38.3 Å². The van der Waals surface area contributed by atoms with Gasteiger partial charge in [0.05, 0.1) is 22.7 Å². The summed E-state index contributed by atoms with van der Waals surface area (Å²) in [6.45, 7) is 0. The first-order chi connectivity index (χ1) is 9.36. The quantitative estimate of drug-likeness (QED) is 0.552. The Balaban J connectivity index is 2.24. The molecule has 0 saturated heterocycles. The molecule has 19 heavy (non-hydrogen) atoms. The van der Waals surface area contributed by atoms with Crippen LogP contribution in [-0.4, -0.2) is 9.67 Å². The molecule has 0 aliphatic rings. The summed E-state index contributed by atoms with van der Waals surface area (Å²) < 4.78 is 7.62. The molecular weight excluding hydrogens is 238 g/mol. The van der Waals surface area contributed by atoms with Crippen LogP contribution in [0.15, 0.2) is 65.3 Å². The zero-order chi connectivity index (χ0) is 12.8. The Morgan fingerprint density at radius 1 is 0.842 bits per heavy atom. The van der Waals surface area contributed by atoms with Crippen molar-refractivity contribution in [2.45, 2.75) is 0 Å². The zero-order valence-corrected chi connectivity index (χ0v) is 10.1. The third-order valence-electron chi connectivity index (χ3n) is 3.39. The van der Waals surface area contributed by atoms with Crippen molar-refractivity contribution < 1.29 is 9.52 Å². The molecule has 0 aliphatic carbocycles. The van der Waals surface area contributed by atoms with Gasteiger partial charge in [-0.05, 0) is 24.3 Å². The first-order valence-electron chi connectivity index (χ1n) is 6.11. The van der Waals surface area contributed by atoms with E-state index in [0.29, 0.717) is 0 Å².